The van der Waals surface area contributed by atoms with E-state index in [4.69, 9.17) is 0 Å². The molecule has 0 amide bonds. The summed E-state index contributed by atoms with van der Waals surface area (Å²) in [6.07, 6.45) is 4.71. The molecule has 0 aromatic carbocycles. The molecular formula is C7H14O. The molecule has 0 spiro atoms. The summed E-state index contributed by atoms with van der Waals surface area (Å²) in [7, 11) is 0. The molecule has 0 saturated heterocycles. The van der Waals surface area contributed by atoms with Gasteiger partial charge in [-0.2, -0.15) is 0 Å². The summed E-state index contributed by atoms with van der Waals surface area (Å²) in [4.78, 5) is 0. The lowest BCUT2D eigenvalue weighted by atomic mass is 10.0. The van der Waals surface area contributed by atoms with Crippen molar-refractivity contribution in [1.29, 1.82) is 0 Å². The highest BCUT2D eigenvalue weighted by Gasteiger charge is 2.22. The second kappa shape index (κ2) is 2.49. The van der Waals surface area contributed by atoms with Gasteiger partial charge in [-0.3, -0.25) is 0 Å². The van der Waals surface area contributed by atoms with Crippen LogP contribution in [0.25, 0.3) is 0 Å². The Morgan fingerprint density at radius 3 is 2.50 bits per heavy atom. The van der Waals surface area contributed by atoms with Crippen molar-refractivity contribution in [3.8, 4) is 0 Å². The second-order valence-electron chi connectivity index (χ2n) is 2.67. The molecule has 0 aliphatic heterocycles. The van der Waals surface area contributed by atoms with Crippen LogP contribution in [-0.4, -0.2) is 11.2 Å². The topological polar surface area (TPSA) is 20.2 Å². The van der Waals surface area contributed by atoms with Crippen molar-refractivity contribution in [3.63, 3.8) is 0 Å². The van der Waals surface area contributed by atoms with Gasteiger partial charge in [0.1, 0.15) is 0 Å². The highest BCUT2D eigenvalue weighted by atomic mass is 16.3. The van der Waals surface area contributed by atoms with Crippen molar-refractivity contribution >= 4 is 0 Å². The van der Waals surface area contributed by atoms with Crippen LogP contribution in [-0.2, 0) is 0 Å². The quantitative estimate of drug-likeness (QED) is 0.548. The fraction of sp³-hybridized carbons (Fsp3) is 1.00. The molecule has 2 atom stereocenters. The summed E-state index contributed by atoms with van der Waals surface area (Å²) in [5.74, 6) is 0.620. The van der Waals surface area contributed by atoms with Crippen LogP contribution in [0.1, 0.15) is 32.6 Å². The molecule has 1 N–H and O–H groups in total. The van der Waals surface area contributed by atoms with Crippen LogP contribution in [0.4, 0.5) is 0 Å². The summed E-state index contributed by atoms with van der Waals surface area (Å²) >= 11 is 0. The highest BCUT2D eigenvalue weighted by Crippen LogP contribution is 2.27. The maximum absolute atomic E-state index is 9.19. The Balaban J connectivity index is 2.30. The van der Waals surface area contributed by atoms with Crippen LogP contribution in [0.15, 0.2) is 0 Å². The first-order valence-corrected chi connectivity index (χ1v) is 3.52. The van der Waals surface area contributed by atoms with Crippen LogP contribution in [0.5, 0.6) is 0 Å². The highest BCUT2D eigenvalue weighted by molar-refractivity contribution is 4.74. The van der Waals surface area contributed by atoms with Crippen molar-refractivity contribution in [2.75, 3.05) is 0 Å². The van der Waals surface area contributed by atoms with E-state index in [0.29, 0.717) is 5.92 Å². The number of aliphatic hydroxyl groups is 1. The van der Waals surface area contributed by atoms with Crippen molar-refractivity contribution in [2.24, 2.45) is 5.92 Å². The molecule has 0 bridgehead atoms. The molecule has 1 rings (SSSR count). The lowest BCUT2D eigenvalue weighted by Crippen LogP contribution is -2.10. The summed E-state index contributed by atoms with van der Waals surface area (Å²) in [5, 5.41) is 9.19. The standard InChI is InChI=1S/C7H14O/c1-2-6-4-3-5-7(6)8/h6-8H,2-5H2,1H3/t6-,7+/m0/s1. The third-order valence-corrected chi connectivity index (χ3v) is 2.14. The van der Waals surface area contributed by atoms with Gasteiger partial charge in [0.25, 0.3) is 0 Å². The minimum atomic E-state index is 0.0278. The average molecular weight is 114 g/mol. The Hall–Kier alpha value is -0.0400. The smallest absolute Gasteiger partial charge is 0.0568 e. The van der Waals surface area contributed by atoms with E-state index in [2.05, 4.69) is 6.92 Å². The van der Waals surface area contributed by atoms with Crippen molar-refractivity contribution < 1.29 is 5.11 Å². The maximum Gasteiger partial charge on any atom is 0.0568 e. The third-order valence-electron chi connectivity index (χ3n) is 2.14. The van der Waals surface area contributed by atoms with E-state index in [1.54, 1.807) is 0 Å². The Labute approximate surface area is 50.7 Å². The van der Waals surface area contributed by atoms with Crippen molar-refractivity contribution in [3.05, 3.63) is 0 Å². The first kappa shape index (κ1) is 6.09. The third kappa shape index (κ3) is 1.03. The molecule has 0 aromatic rings. The molecule has 1 saturated carbocycles. The lowest BCUT2D eigenvalue weighted by Gasteiger charge is -2.09. The number of aliphatic hydroxyl groups excluding tert-OH is 1. The van der Waals surface area contributed by atoms with Crippen LogP contribution >= 0.6 is 0 Å². The van der Waals surface area contributed by atoms with Crippen LogP contribution in [0.2, 0.25) is 0 Å². The SMILES string of the molecule is CC[C@H]1CCC[C@H]1O. The molecule has 0 unspecified atom stereocenters. The number of hydrogen-bond donors (Lipinski definition) is 1. The van der Waals surface area contributed by atoms with Gasteiger partial charge in [0.15, 0.2) is 0 Å². The summed E-state index contributed by atoms with van der Waals surface area (Å²) in [6, 6.07) is 0. The summed E-state index contributed by atoms with van der Waals surface area (Å²) < 4.78 is 0. The fourth-order valence-corrected chi connectivity index (χ4v) is 1.49. The molecule has 1 fully saturated rings. The first-order chi connectivity index (χ1) is 3.84. The van der Waals surface area contributed by atoms with Crippen molar-refractivity contribution in [1.82, 2.24) is 0 Å². The zero-order chi connectivity index (χ0) is 5.98. The predicted octanol–water partition coefficient (Wildman–Crippen LogP) is 1.56. The Bertz CT molecular complexity index is 70.8. The monoisotopic (exact) mass is 114 g/mol. The van der Waals surface area contributed by atoms with Gasteiger partial charge in [0, 0.05) is 0 Å². The van der Waals surface area contributed by atoms with Gasteiger partial charge in [0.2, 0.25) is 0 Å². The summed E-state index contributed by atoms with van der Waals surface area (Å²) in [6.45, 7) is 2.15. The minimum Gasteiger partial charge on any atom is -0.393 e. The van der Waals surface area contributed by atoms with E-state index < -0.39 is 0 Å². The maximum atomic E-state index is 9.19. The molecule has 1 aliphatic rings. The number of hydrogen-bond acceptors (Lipinski definition) is 1. The lowest BCUT2D eigenvalue weighted by molar-refractivity contribution is 0.130. The van der Waals surface area contributed by atoms with E-state index in [0.717, 1.165) is 12.8 Å². The molecule has 8 heavy (non-hydrogen) atoms. The minimum absolute atomic E-state index is 0.0278. The predicted molar refractivity (Wildman–Crippen MR) is 33.6 cm³/mol. The van der Waals surface area contributed by atoms with Gasteiger partial charge >= 0.3 is 0 Å². The molecule has 0 heterocycles. The zero-order valence-electron chi connectivity index (χ0n) is 5.43. The largest absolute Gasteiger partial charge is 0.393 e. The average Bonchev–Trinajstić information content (AvgIpc) is 2.14. The molecule has 1 nitrogen and oxygen atoms in total. The van der Waals surface area contributed by atoms with Gasteiger partial charge in [-0.15, -0.1) is 0 Å². The molecule has 0 radical (unpaired) electrons. The van der Waals surface area contributed by atoms with E-state index >= 15 is 0 Å². The van der Waals surface area contributed by atoms with E-state index in [-0.39, 0.29) is 6.10 Å². The van der Waals surface area contributed by atoms with Gasteiger partial charge in [0.05, 0.1) is 6.10 Å². The molecule has 1 heteroatoms. The van der Waals surface area contributed by atoms with Crippen LogP contribution in [0, 0.1) is 5.92 Å². The zero-order valence-corrected chi connectivity index (χ0v) is 5.43. The Kier molecular flexibility index (Phi) is 1.90. The first-order valence-electron chi connectivity index (χ1n) is 3.52. The van der Waals surface area contributed by atoms with E-state index in [1.165, 1.54) is 12.8 Å². The molecule has 48 valence electrons. The van der Waals surface area contributed by atoms with E-state index in [1.807, 2.05) is 0 Å². The Morgan fingerprint density at radius 1 is 1.50 bits per heavy atom. The van der Waals surface area contributed by atoms with Gasteiger partial charge < -0.3 is 5.11 Å². The molecule has 0 aromatic heterocycles. The Morgan fingerprint density at radius 2 is 2.25 bits per heavy atom. The molecular weight excluding hydrogens is 100 g/mol. The second-order valence-corrected chi connectivity index (χ2v) is 2.67. The fourth-order valence-electron chi connectivity index (χ4n) is 1.49. The normalized spacial score (nSPS) is 38.2. The summed E-state index contributed by atoms with van der Waals surface area (Å²) in [5.41, 5.74) is 0. The van der Waals surface area contributed by atoms with Gasteiger partial charge in [-0.25, -0.2) is 0 Å². The molecule has 1 aliphatic carbocycles. The van der Waals surface area contributed by atoms with Gasteiger partial charge in [-0.05, 0) is 18.8 Å². The van der Waals surface area contributed by atoms with E-state index in [9.17, 15) is 5.11 Å². The van der Waals surface area contributed by atoms with Crippen molar-refractivity contribution in [2.45, 2.75) is 38.7 Å². The number of rotatable bonds is 1. The van der Waals surface area contributed by atoms with Gasteiger partial charge in [-0.1, -0.05) is 19.8 Å². The van der Waals surface area contributed by atoms with Crippen LogP contribution < -0.4 is 0 Å². The van der Waals surface area contributed by atoms with Crippen LogP contribution in [0.3, 0.4) is 0 Å².